The molecule has 0 spiro atoms. The summed E-state index contributed by atoms with van der Waals surface area (Å²) in [6.45, 7) is 0.684. The Hall–Kier alpha value is -1.95. The third kappa shape index (κ3) is 4.01. The van der Waals surface area contributed by atoms with Gasteiger partial charge in [-0.3, -0.25) is 19.7 Å². The van der Waals surface area contributed by atoms with Crippen LogP contribution in [0.15, 0.2) is 18.2 Å². The van der Waals surface area contributed by atoms with Crippen LogP contribution in [0, 0.1) is 10.1 Å². The third-order valence-corrected chi connectivity index (χ3v) is 3.58. The first-order chi connectivity index (χ1) is 9.97. The van der Waals surface area contributed by atoms with Crippen LogP contribution in [0.3, 0.4) is 0 Å². The maximum atomic E-state index is 11.8. The number of aryl methyl sites for hydroxylation is 1. The Balaban J connectivity index is 2.27. The van der Waals surface area contributed by atoms with Crippen molar-refractivity contribution in [1.82, 2.24) is 0 Å². The van der Waals surface area contributed by atoms with Gasteiger partial charge >= 0.3 is 0 Å². The number of fused-ring (bicyclic) bond motifs is 1. The summed E-state index contributed by atoms with van der Waals surface area (Å²) in [5, 5.41) is 10.2. The Morgan fingerprint density at radius 3 is 2.76 bits per heavy atom. The number of Topliss-reactive ketones (excluding diaryl/α,β-unsaturated/α-hetero) is 1. The van der Waals surface area contributed by atoms with E-state index in [9.17, 15) is 19.7 Å². The number of non-ortho nitro benzene ring substituents is 1. The Labute approximate surface area is 126 Å². The van der Waals surface area contributed by atoms with Gasteiger partial charge in [-0.05, 0) is 36.4 Å². The van der Waals surface area contributed by atoms with Crippen molar-refractivity contribution in [2.45, 2.75) is 25.7 Å². The molecule has 7 heteroatoms. The van der Waals surface area contributed by atoms with Gasteiger partial charge in [-0.15, -0.1) is 0 Å². The summed E-state index contributed by atoms with van der Waals surface area (Å²) in [5.74, 6) is -0.283. The van der Waals surface area contributed by atoms with Gasteiger partial charge in [-0.2, -0.15) is 0 Å². The number of ketones is 1. The smallest absolute Gasteiger partial charge is 0.271 e. The highest BCUT2D eigenvalue weighted by atomic mass is 35.5. The summed E-state index contributed by atoms with van der Waals surface area (Å²) in [4.78, 5) is 34.8. The molecule has 112 valence electrons. The number of hydrogen-bond acceptors (Lipinski definition) is 5. The molecule has 0 aliphatic carbocycles. The predicted molar refractivity (Wildman–Crippen MR) is 78.7 cm³/mol. The molecular weight excluding hydrogens is 296 g/mol. The average Bonchev–Trinajstić information content (AvgIpc) is 2.60. The molecule has 1 heterocycles. The van der Waals surface area contributed by atoms with Gasteiger partial charge in [0.15, 0.2) is 5.78 Å². The van der Waals surface area contributed by atoms with Gasteiger partial charge in [0.25, 0.3) is 5.69 Å². The monoisotopic (exact) mass is 310 g/mol. The minimum atomic E-state index is -0.686. The van der Waals surface area contributed by atoms with Crippen molar-refractivity contribution < 1.29 is 14.5 Å². The van der Waals surface area contributed by atoms with E-state index < -0.39 is 10.2 Å². The molecule has 1 aromatic carbocycles. The highest BCUT2D eigenvalue weighted by Gasteiger charge is 2.21. The van der Waals surface area contributed by atoms with Crippen LogP contribution in [0.25, 0.3) is 0 Å². The van der Waals surface area contributed by atoms with Crippen molar-refractivity contribution in [3.05, 3.63) is 33.9 Å². The highest BCUT2D eigenvalue weighted by molar-refractivity contribution is 6.65. The second kappa shape index (κ2) is 6.67. The largest absolute Gasteiger partial charge is 0.364 e. The first-order valence-electron chi connectivity index (χ1n) is 6.69. The van der Waals surface area contributed by atoms with Gasteiger partial charge in [0, 0.05) is 24.4 Å². The first-order valence-corrected chi connectivity index (χ1v) is 7.07. The van der Waals surface area contributed by atoms with E-state index in [0.29, 0.717) is 12.2 Å². The summed E-state index contributed by atoms with van der Waals surface area (Å²) in [6, 6.07) is 4.71. The first kappa shape index (κ1) is 15.4. The lowest BCUT2D eigenvalue weighted by molar-refractivity contribution is -0.384. The normalized spacial score (nSPS) is 14.2. The Morgan fingerprint density at radius 1 is 1.33 bits per heavy atom. The molecule has 1 aliphatic rings. The number of anilines is 1. The Bertz CT molecular complexity index is 588. The van der Waals surface area contributed by atoms with E-state index in [1.54, 1.807) is 11.0 Å². The van der Waals surface area contributed by atoms with Gasteiger partial charge in [-0.1, -0.05) is 6.07 Å². The second-order valence-corrected chi connectivity index (χ2v) is 5.44. The Morgan fingerprint density at radius 2 is 2.10 bits per heavy atom. The van der Waals surface area contributed by atoms with E-state index in [1.165, 1.54) is 12.1 Å². The Kier molecular flexibility index (Phi) is 4.90. The number of carbonyl (C=O) groups is 2. The molecule has 1 aliphatic heterocycles. The number of hydrogen-bond donors (Lipinski definition) is 0. The molecular formula is C14H15ClN2O4. The molecule has 21 heavy (non-hydrogen) atoms. The molecule has 0 bridgehead atoms. The molecule has 2 rings (SSSR count). The maximum absolute atomic E-state index is 11.8. The minimum Gasteiger partial charge on any atom is -0.364 e. The lowest BCUT2D eigenvalue weighted by Crippen LogP contribution is -2.31. The fraction of sp³-hybridized carbons (Fsp3) is 0.429. The van der Waals surface area contributed by atoms with Gasteiger partial charge in [0.1, 0.15) is 0 Å². The van der Waals surface area contributed by atoms with Gasteiger partial charge < -0.3 is 4.90 Å². The molecule has 0 atom stereocenters. The fourth-order valence-corrected chi connectivity index (χ4v) is 2.65. The zero-order valence-corrected chi connectivity index (χ0v) is 12.1. The molecule has 1 aromatic rings. The lowest BCUT2D eigenvalue weighted by Gasteiger charge is -2.23. The van der Waals surface area contributed by atoms with E-state index in [2.05, 4.69) is 0 Å². The van der Waals surface area contributed by atoms with E-state index in [-0.39, 0.29) is 24.4 Å². The topological polar surface area (TPSA) is 80.5 Å². The van der Waals surface area contributed by atoms with Crippen molar-refractivity contribution in [3.8, 4) is 0 Å². The van der Waals surface area contributed by atoms with Gasteiger partial charge in [0.05, 0.1) is 17.9 Å². The summed E-state index contributed by atoms with van der Waals surface area (Å²) in [6.07, 6.45) is 2.36. The van der Waals surface area contributed by atoms with E-state index >= 15 is 0 Å². The van der Waals surface area contributed by atoms with Crippen molar-refractivity contribution >= 4 is 34.0 Å². The zero-order chi connectivity index (χ0) is 15.4. The molecule has 6 nitrogen and oxygen atoms in total. The third-order valence-electron chi connectivity index (χ3n) is 3.45. The van der Waals surface area contributed by atoms with Gasteiger partial charge in [0.2, 0.25) is 5.24 Å². The number of nitrogens with zero attached hydrogens (tertiary/aromatic N) is 2. The number of rotatable bonds is 5. The van der Waals surface area contributed by atoms with Crippen LogP contribution in [-0.4, -0.2) is 29.0 Å². The number of nitro benzene ring substituents is 1. The molecule has 0 fully saturated rings. The van der Waals surface area contributed by atoms with E-state index in [4.69, 9.17) is 11.6 Å². The second-order valence-electron chi connectivity index (χ2n) is 5.02. The van der Waals surface area contributed by atoms with E-state index in [1.807, 2.05) is 0 Å². The van der Waals surface area contributed by atoms with Crippen LogP contribution in [0.5, 0.6) is 0 Å². The quantitative estimate of drug-likeness (QED) is 0.361. The molecule has 0 aromatic heterocycles. The minimum absolute atomic E-state index is 0.00141. The van der Waals surface area contributed by atoms with Crippen LogP contribution in [0.2, 0.25) is 0 Å². The number of benzene rings is 1. The van der Waals surface area contributed by atoms with Crippen molar-refractivity contribution in [2.75, 3.05) is 18.0 Å². The maximum Gasteiger partial charge on any atom is 0.271 e. The van der Waals surface area contributed by atoms with Gasteiger partial charge in [-0.25, -0.2) is 0 Å². The van der Waals surface area contributed by atoms with Crippen LogP contribution < -0.4 is 4.90 Å². The fourth-order valence-electron chi connectivity index (χ4n) is 2.50. The summed E-state index contributed by atoms with van der Waals surface area (Å²) >= 11 is 5.22. The van der Waals surface area contributed by atoms with E-state index in [0.717, 1.165) is 24.8 Å². The van der Waals surface area contributed by atoms with Crippen molar-refractivity contribution in [1.29, 1.82) is 0 Å². The molecule has 0 saturated heterocycles. The van der Waals surface area contributed by atoms with Crippen LogP contribution in [0.1, 0.15) is 24.8 Å². The highest BCUT2D eigenvalue weighted by Crippen LogP contribution is 2.30. The standard InChI is InChI=1S/C14H15ClN2O4/c15-14(19)8-12(18)9-16-6-2-1-3-10-4-5-11(17(20)21)7-13(10)16/h4-5,7H,1-3,6,8-9H2. The summed E-state index contributed by atoms with van der Waals surface area (Å²) in [7, 11) is 0. The number of nitro groups is 1. The zero-order valence-electron chi connectivity index (χ0n) is 11.4. The van der Waals surface area contributed by atoms with Crippen molar-refractivity contribution in [3.63, 3.8) is 0 Å². The molecule has 0 amide bonds. The predicted octanol–water partition coefficient (Wildman–Crippen LogP) is 2.46. The molecule has 0 N–H and O–H groups in total. The van der Waals surface area contributed by atoms with Crippen LogP contribution >= 0.6 is 11.6 Å². The lowest BCUT2D eigenvalue weighted by atomic mass is 10.1. The molecule has 0 saturated carbocycles. The summed E-state index contributed by atoms with van der Waals surface area (Å²) in [5.41, 5.74) is 1.70. The van der Waals surface area contributed by atoms with Crippen LogP contribution in [0.4, 0.5) is 11.4 Å². The van der Waals surface area contributed by atoms with Crippen molar-refractivity contribution in [2.24, 2.45) is 0 Å². The number of carbonyl (C=O) groups excluding carboxylic acids is 2. The summed E-state index contributed by atoms with van der Waals surface area (Å²) < 4.78 is 0. The average molecular weight is 311 g/mol. The molecule has 0 unspecified atom stereocenters. The SMILES string of the molecule is O=C(Cl)CC(=O)CN1CCCCc2ccc([N+](=O)[O-])cc21. The molecule has 0 radical (unpaired) electrons. The number of halogens is 1. The van der Waals surface area contributed by atoms with Crippen LogP contribution in [-0.2, 0) is 16.0 Å².